The molecule has 4 rings (SSSR count). The van der Waals surface area contributed by atoms with E-state index in [9.17, 15) is 4.79 Å². The number of halogens is 1. The second kappa shape index (κ2) is 10.1. The average molecular weight is 473 g/mol. The first kappa shape index (κ1) is 22.8. The first-order valence-electron chi connectivity index (χ1n) is 10.5. The standard InChI is InChI=1S/C20H25ClN10O2/c1-3-29-8-10-30(11-9-29)12-16-17(24-28-31(16)19-18(22)26-33-27-19)20(32)25-23-13(2)14-4-6-15(21)7-5-14/h4-7H,3,8-12H2,1-2H3,(H2,22,26)(H,25,32)/b23-13+. The predicted octanol–water partition coefficient (Wildman–Crippen LogP) is 1.18. The lowest BCUT2D eigenvalue weighted by Crippen LogP contribution is -2.46. The van der Waals surface area contributed by atoms with E-state index in [2.05, 4.69) is 47.9 Å². The molecule has 33 heavy (non-hydrogen) atoms. The lowest BCUT2D eigenvalue weighted by Gasteiger charge is -2.33. The molecule has 0 aliphatic carbocycles. The number of nitrogen functional groups attached to an aromatic ring is 1. The fourth-order valence-corrected chi connectivity index (χ4v) is 3.67. The summed E-state index contributed by atoms with van der Waals surface area (Å²) in [7, 11) is 0. The van der Waals surface area contributed by atoms with Gasteiger partial charge in [-0.1, -0.05) is 35.9 Å². The molecule has 0 radical (unpaired) electrons. The average Bonchev–Trinajstić information content (AvgIpc) is 3.43. The van der Waals surface area contributed by atoms with E-state index >= 15 is 0 Å². The van der Waals surface area contributed by atoms with Crippen molar-refractivity contribution in [3.63, 3.8) is 0 Å². The molecule has 3 aromatic rings. The number of amides is 1. The van der Waals surface area contributed by atoms with Crippen molar-refractivity contribution in [3.8, 4) is 5.82 Å². The van der Waals surface area contributed by atoms with Crippen molar-refractivity contribution in [3.05, 3.63) is 46.2 Å². The molecule has 13 heteroatoms. The van der Waals surface area contributed by atoms with Gasteiger partial charge in [0.1, 0.15) is 0 Å². The number of carbonyl (C=O) groups excluding carboxylic acids is 1. The maximum absolute atomic E-state index is 13.0. The molecule has 0 saturated carbocycles. The van der Waals surface area contributed by atoms with Gasteiger partial charge in [-0.3, -0.25) is 9.69 Å². The molecule has 12 nitrogen and oxygen atoms in total. The molecule has 0 atom stereocenters. The SMILES string of the molecule is CCN1CCN(Cc2c(C(=O)N/N=C(\C)c3ccc(Cl)cc3)nnn2-c2nonc2N)CC1. The van der Waals surface area contributed by atoms with E-state index in [0.29, 0.717) is 23.0 Å². The molecule has 1 amide bonds. The van der Waals surface area contributed by atoms with Crippen molar-refractivity contribution < 1.29 is 9.42 Å². The Morgan fingerprint density at radius 3 is 2.52 bits per heavy atom. The topological polar surface area (TPSA) is 144 Å². The summed E-state index contributed by atoms with van der Waals surface area (Å²) in [6.07, 6.45) is 0. The quantitative estimate of drug-likeness (QED) is 0.382. The maximum Gasteiger partial charge on any atom is 0.293 e. The van der Waals surface area contributed by atoms with Crippen LogP contribution in [0.1, 0.15) is 35.6 Å². The molecule has 0 spiro atoms. The van der Waals surface area contributed by atoms with Gasteiger partial charge in [-0.15, -0.1) is 5.10 Å². The van der Waals surface area contributed by atoms with Crippen molar-refractivity contribution in [1.82, 2.24) is 40.5 Å². The number of benzene rings is 1. The molecule has 3 heterocycles. The summed E-state index contributed by atoms with van der Waals surface area (Å²) in [5.74, 6) is -0.253. The van der Waals surface area contributed by atoms with Crippen LogP contribution in [0.15, 0.2) is 34.0 Å². The summed E-state index contributed by atoms with van der Waals surface area (Å²) < 4.78 is 6.11. The van der Waals surface area contributed by atoms with Gasteiger partial charge in [0.05, 0.1) is 11.4 Å². The Morgan fingerprint density at radius 1 is 1.18 bits per heavy atom. The van der Waals surface area contributed by atoms with Crippen LogP contribution >= 0.6 is 11.6 Å². The van der Waals surface area contributed by atoms with Crippen LogP contribution in [-0.2, 0) is 6.54 Å². The number of nitrogens with two attached hydrogens (primary N) is 1. The summed E-state index contributed by atoms with van der Waals surface area (Å²) in [6.45, 7) is 8.95. The number of likely N-dealkylation sites (N-methyl/N-ethyl adjacent to an activating group) is 1. The highest BCUT2D eigenvalue weighted by molar-refractivity contribution is 6.30. The fourth-order valence-electron chi connectivity index (χ4n) is 3.55. The molecule has 3 N–H and O–H groups in total. The second-order valence-corrected chi connectivity index (χ2v) is 8.06. The summed E-state index contributed by atoms with van der Waals surface area (Å²) in [5.41, 5.74) is 10.5. The zero-order valence-electron chi connectivity index (χ0n) is 18.4. The monoisotopic (exact) mass is 472 g/mol. The molecule has 1 aliphatic heterocycles. The van der Waals surface area contributed by atoms with Gasteiger partial charge in [0.15, 0.2) is 5.69 Å². The number of hydrogen-bond donors (Lipinski definition) is 2. The van der Waals surface area contributed by atoms with E-state index in [1.807, 2.05) is 12.1 Å². The van der Waals surface area contributed by atoms with Crippen LogP contribution in [0.3, 0.4) is 0 Å². The Balaban J connectivity index is 1.57. The minimum atomic E-state index is -0.494. The van der Waals surface area contributed by atoms with E-state index < -0.39 is 5.91 Å². The van der Waals surface area contributed by atoms with Crippen LogP contribution in [0, 0.1) is 0 Å². The number of aromatic nitrogens is 5. The molecular weight excluding hydrogens is 448 g/mol. The van der Waals surface area contributed by atoms with Gasteiger partial charge < -0.3 is 10.6 Å². The lowest BCUT2D eigenvalue weighted by molar-refractivity contribution is 0.0944. The van der Waals surface area contributed by atoms with E-state index in [1.165, 1.54) is 4.68 Å². The highest BCUT2D eigenvalue weighted by Gasteiger charge is 2.27. The smallest absolute Gasteiger partial charge is 0.293 e. The number of nitrogens with zero attached hydrogens (tertiary/aromatic N) is 8. The van der Waals surface area contributed by atoms with Gasteiger partial charge in [0, 0.05) is 37.7 Å². The van der Waals surface area contributed by atoms with Crippen LogP contribution in [0.4, 0.5) is 5.82 Å². The van der Waals surface area contributed by atoms with Gasteiger partial charge >= 0.3 is 0 Å². The van der Waals surface area contributed by atoms with Crippen molar-refractivity contribution >= 4 is 29.0 Å². The van der Waals surface area contributed by atoms with Gasteiger partial charge in [-0.05, 0) is 41.5 Å². The van der Waals surface area contributed by atoms with Crippen LogP contribution in [0.2, 0.25) is 5.02 Å². The number of hydrazone groups is 1. The molecule has 2 aromatic heterocycles. The Hall–Kier alpha value is -3.35. The Kier molecular flexibility index (Phi) is 6.96. The first-order valence-corrected chi connectivity index (χ1v) is 10.9. The largest absolute Gasteiger partial charge is 0.378 e. The lowest BCUT2D eigenvalue weighted by atomic mass is 10.1. The molecule has 1 fully saturated rings. The van der Waals surface area contributed by atoms with Crippen LogP contribution in [0.5, 0.6) is 0 Å². The maximum atomic E-state index is 13.0. The number of hydrogen-bond acceptors (Lipinski definition) is 10. The Morgan fingerprint density at radius 2 is 1.88 bits per heavy atom. The number of nitrogens with one attached hydrogen (secondary N) is 1. The van der Waals surface area contributed by atoms with Crippen molar-refractivity contribution in [2.75, 3.05) is 38.5 Å². The van der Waals surface area contributed by atoms with Gasteiger partial charge in [0.25, 0.3) is 5.91 Å². The summed E-state index contributed by atoms with van der Waals surface area (Å²) >= 11 is 5.93. The van der Waals surface area contributed by atoms with Crippen LogP contribution in [-0.4, -0.2) is 79.4 Å². The molecule has 174 valence electrons. The number of carbonyl (C=O) groups is 1. The van der Waals surface area contributed by atoms with Crippen molar-refractivity contribution in [1.29, 1.82) is 0 Å². The number of anilines is 1. The fraction of sp³-hybridized carbons (Fsp3) is 0.400. The van der Waals surface area contributed by atoms with E-state index in [1.54, 1.807) is 19.1 Å². The third kappa shape index (κ3) is 5.18. The van der Waals surface area contributed by atoms with Gasteiger partial charge in [-0.25, -0.2) is 10.1 Å². The highest BCUT2D eigenvalue weighted by Crippen LogP contribution is 2.18. The third-order valence-corrected chi connectivity index (χ3v) is 5.80. The van der Waals surface area contributed by atoms with Crippen molar-refractivity contribution in [2.45, 2.75) is 20.4 Å². The van der Waals surface area contributed by atoms with E-state index in [-0.39, 0.29) is 17.3 Å². The number of rotatable bonds is 7. The minimum absolute atomic E-state index is 0.0560. The molecule has 1 aliphatic rings. The first-order chi connectivity index (χ1) is 16.0. The zero-order valence-corrected chi connectivity index (χ0v) is 19.2. The summed E-state index contributed by atoms with van der Waals surface area (Å²) in [4.78, 5) is 17.6. The molecule has 1 saturated heterocycles. The predicted molar refractivity (Wildman–Crippen MR) is 122 cm³/mol. The summed E-state index contributed by atoms with van der Waals surface area (Å²) in [5, 5.41) is 20.4. The van der Waals surface area contributed by atoms with Gasteiger partial charge in [-0.2, -0.15) is 9.78 Å². The highest BCUT2D eigenvalue weighted by atomic mass is 35.5. The molecular formula is C20H25ClN10O2. The Labute approximate surface area is 195 Å². The minimum Gasteiger partial charge on any atom is -0.378 e. The zero-order chi connectivity index (χ0) is 23.4. The normalized spacial score (nSPS) is 15.7. The van der Waals surface area contributed by atoms with E-state index in [0.717, 1.165) is 38.3 Å². The van der Waals surface area contributed by atoms with Crippen LogP contribution in [0.25, 0.3) is 5.82 Å². The third-order valence-electron chi connectivity index (χ3n) is 5.55. The second-order valence-electron chi connectivity index (χ2n) is 7.63. The van der Waals surface area contributed by atoms with Crippen LogP contribution < -0.4 is 11.2 Å². The number of piperazine rings is 1. The molecule has 1 aromatic carbocycles. The summed E-state index contributed by atoms with van der Waals surface area (Å²) in [6, 6.07) is 7.17. The van der Waals surface area contributed by atoms with Crippen molar-refractivity contribution in [2.24, 2.45) is 5.10 Å². The molecule has 0 bridgehead atoms. The molecule has 0 unspecified atom stereocenters. The van der Waals surface area contributed by atoms with Gasteiger partial charge in [0.2, 0.25) is 11.6 Å². The Bertz CT molecular complexity index is 1130. The van der Waals surface area contributed by atoms with E-state index in [4.69, 9.17) is 22.0 Å².